The highest BCUT2D eigenvalue weighted by Gasteiger charge is 1.99. The van der Waals surface area contributed by atoms with Gasteiger partial charge in [-0.15, -0.1) is 0 Å². The average molecular weight is 217 g/mol. The van der Waals surface area contributed by atoms with Gasteiger partial charge in [0.15, 0.2) is 0 Å². The van der Waals surface area contributed by atoms with Gasteiger partial charge in [-0.3, -0.25) is 0 Å². The summed E-state index contributed by atoms with van der Waals surface area (Å²) < 4.78 is 13.0. The van der Waals surface area contributed by atoms with Crippen molar-refractivity contribution in [1.82, 2.24) is 5.32 Å². The largest absolute Gasteiger partial charge is 0.330 e. The fourth-order valence-corrected chi connectivity index (χ4v) is 1.23. The SMILES string of the molecule is NCCCNCc1ccc(Cl)c(F)c1. The summed E-state index contributed by atoms with van der Waals surface area (Å²) >= 11 is 5.55. The third-order valence-electron chi connectivity index (χ3n) is 1.87. The van der Waals surface area contributed by atoms with Crippen LogP contribution < -0.4 is 11.1 Å². The lowest BCUT2D eigenvalue weighted by molar-refractivity contribution is 0.617. The van der Waals surface area contributed by atoms with Gasteiger partial charge in [-0.2, -0.15) is 0 Å². The number of hydrogen-bond acceptors (Lipinski definition) is 2. The molecule has 1 aromatic carbocycles. The number of benzene rings is 1. The first-order chi connectivity index (χ1) is 6.74. The van der Waals surface area contributed by atoms with Gasteiger partial charge in [0.25, 0.3) is 0 Å². The van der Waals surface area contributed by atoms with Crippen molar-refractivity contribution >= 4 is 11.6 Å². The second-order valence-corrected chi connectivity index (χ2v) is 3.47. The lowest BCUT2D eigenvalue weighted by atomic mass is 10.2. The highest BCUT2D eigenvalue weighted by atomic mass is 35.5. The third-order valence-corrected chi connectivity index (χ3v) is 2.18. The minimum atomic E-state index is -0.371. The van der Waals surface area contributed by atoms with Gasteiger partial charge in [-0.25, -0.2) is 4.39 Å². The van der Waals surface area contributed by atoms with Crippen LogP contribution in [0.5, 0.6) is 0 Å². The zero-order chi connectivity index (χ0) is 10.4. The molecule has 78 valence electrons. The van der Waals surface area contributed by atoms with Gasteiger partial charge >= 0.3 is 0 Å². The zero-order valence-electron chi connectivity index (χ0n) is 7.89. The molecule has 0 radical (unpaired) electrons. The van der Waals surface area contributed by atoms with E-state index in [0.717, 1.165) is 18.5 Å². The van der Waals surface area contributed by atoms with Crippen LogP contribution in [0.1, 0.15) is 12.0 Å². The molecule has 0 saturated carbocycles. The van der Waals surface area contributed by atoms with E-state index >= 15 is 0 Å². The van der Waals surface area contributed by atoms with Gasteiger partial charge < -0.3 is 11.1 Å². The molecule has 0 fully saturated rings. The molecule has 0 aliphatic rings. The molecule has 0 aliphatic heterocycles. The fraction of sp³-hybridized carbons (Fsp3) is 0.400. The second-order valence-electron chi connectivity index (χ2n) is 3.07. The molecule has 0 amide bonds. The van der Waals surface area contributed by atoms with Crippen molar-refractivity contribution in [1.29, 1.82) is 0 Å². The molecule has 0 aromatic heterocycles. The summed E-state index contributed by atoms with van der Waals surface area (Å²) in [5.41, 5.74) is 6.23. The Kier molecular flexibility index (Phi) is 4.87. The van der Waals surface area contributed by atoms with E-state index in [0.29, 0.717) is 13.1 Å². The zero-order valence-corrected chi connectivity index (χ0v) is 8.65. The highest BCUT2D eigenvalue weighted by Crippen LogP contribution is 2.15. The molecule has 3 N–H and O–H groups in total. The lowest BCUT2D eigenvalue weighted by Crippen LogP contribution is -2.17. The van der Waals surface area contributed by atoms with Crippen molar-refractivity contribution in [3.05, 3.63) is 34.6 Å². The smallest absolute Gasteiger partial charge is 0.142 e. The summed E-state index contributed by atoms with van der Waals surface area (Å²) in [6.45, 7) is 2.16. The minimum Gasteiger partial charge on any atom is -0.330 e. The van der Waals surface area contributed by atoms with E-state index < -0.39 is 0 Å². The number of rotatable bonds is 5. The van der Waals surface area contributed by atoms with E-state index in [2.05, 4.69) is 5.32 Å². The van der Waals surface area contributed by atoms with Gasteiger partial charge in [-0.1, -0.05) is 17.7 Å². The van der Waals surface area contributed by atoms with Crippen molar-refractivity contribution in [3.8, 4) is 0 Å². The molecule has 14 heavy (non-hydrogen) atoms. The topological polar surface area (TPSA) is 38.0 Å². The monoisotopic (exact) mass is 216 g/mol. The molecule has 4 heteroatoms. The van der Waals surface area contributed by atoms with Crippen molar-refractivity contribution in [2.24, 2.45) is 5.73 Å². The van der Waals surface area contributed by atoms with Gasteiger partial charge in [0, 0.05) is 6.54 Å². The van der Waals surface area contributed by atoms with E-state index in [1.165, 1.54) is 6.07 Å². The van der Waals surface area contributed by atoms with Crippen LogP contribution in [0, 0.1) is 5.82 Å². The molecule has 2 nitrogen and oxygen atoms in total. The Hall–Kier alpha value is -0.640. The Labute approximate surface area is 88.2 Å². The maximum atomic E-state index is 13.0. The van der Waals surface area contributed by atoms with Gasteiger partial charge in [0.2, 0.25) is 0 Å². The van der Waals surface area contributed by atoms with E-state index in [1.54, 1.807) is 12.1 Å². The van der Waals surface area contributed by atoms with E-state index in [9.17, 15) is 4.39 Å². The van der Waals surface area contributed by atoms with Crippen LogP contribution in [0.25, 0.3) is 0 Å². The quantitative estimate of drug-likeness (QED) is 0.738. The minimum absolute atomic E-state index is 0.163. The molecule has 1 rings (SSSR count). The summed E-state index contributed by atoms with van der Waals surface area (Å²) in [4.78, 5) is 0. The lowest BCUT2D eigenvalue weighted by Gasteiger charge is -2.04. The Morgan fingerprint density at radius 3 is 2.86 bits per heavy atom. The van der Waals surface area contributed by atoms with Crippen molar-refractivity contribution in [2.75, 3.05) is 13.1 Å². The summed E-state index contributed by atoms with van der Waals surface area (Å²) in [5, 5.41) is 3.32. The predicted molar refractivity (Wildman–Crippen MR) is 56.8 cm³/mol. The molecule has 0 heterocycles. The van der Waals surface area contributed by atoms with Gasteiger partial charge in [-0.05, 0) is 37.2 Å². The van der Waals surface area contributed by atoms with E-state index in [4.69, 9.17) is 17.3 Å². The van der Waals surface area contributed by atoms with Crippen LogP contribution in [0.15, 0.2) is 18.2 Å². The third kappa shape index (κ3) is 3.62. The molecule has 0 unspecified atom stereocenters. The maximum absolute atomic E-state index is 13.0. The predicted octanol–water partition coefficient (Wildman–Crippen LogP) is 1.92. The van der Waals surface area contributed by atoms with Crippen LogP contribution in [0.3, 0.4) is 0 Å². The molecule has 0 aliphatic carbocycles. The van der Waals surface area contributed by atoms with Crippen molar-refractivity contribution < 1.29 is 4.39 Å². The summed E-state index contributed by atoms with van der Waals surface area (Å²) in [5.74, 6) is -0.371. The number of halogens is 2. The normalized spacial score (nSPS) is 10.5. The Balaban J connectivity index is 2.39. The first kappa shape index (κ1) is 11.4. The Morgan fingerprint density at radius 1 is 1.43 bits per heavy atom. The molecular weight excluding hydrogens is 203 g/mol. The van der Waals surface area contributed by atoms with Crippen LogP contribution in [0.2, 0.25) is 5.02 Å². The summed E-state index contributed by atoms with van der Waals surface area (Å²) in [7, 11) is 0. The molecule has 0 saturated heterocycles. The number of hydrogen-bond donors (Lipinski definition) is 2. The van der Waals surface area contributed by atoms with Gasteiger partial charge in [0.05, 0.1) is 5.02 Å². The maximum Gasteiger partial charge on any atom is 0.142 e. The van der Waals surface area contributed by atoms with Crippen LogP contribution in [-0.4, -0.2) is 13.1 Å². The first-order valence-corrected chi connectivity index (χ1v) is 4.96. The number of nitrogens with one attached hydrogen (secondary N) is 1. The average Bonchev–Trinajstić information content (AvgIpc) is 2.18. The summed E-state index contributed by atoms with van der Waals surface area (Å²) in [6, 6.07) is 4.81. The molecule has 0 bridgehead atoms. The van der Waals surface area contributed by atoms with E-state index in [-0.39, 0.29) is 10.8 Å². The van der Waals surface area contributed by atoms with Crippen LogP contribution in [0.4, 0.5) is 4.39 Å². The van der Waals surface area contributed by atoms with Crippen LogP contribution >= 0.6 is 11.6 Å². The molecule has 1 aromatic rings. The van der Waals surface area contributed by atoms with Crippen molar-refractivity contribution in [3.63, 3.8) is 0 Å². The fourth-order valence-electron chi connectivity index (χ4n) is 1.11. The van der Waals surface area contributed by atoms with E-state index in [1.807, 2.05) is 0 Å². The standard InChI is InChI=1S/C10H14ClFN2/c11-9-3-2-8(6-10(9)12)7-14-5-1-4-13/h2-3,6,14H,1,4-5,7,13H2. The van der Waals surface area contributed by atoms with Crippen molar-refractivity contribution in [2.45, 2.75) is 13.0 Å². The number of nitrogens with two attached hydrogens (primary N) is 1. The first-order valence-electron chi connectivity index (χ1n) is 4.58. The van der Waals surface area contributed by atoms with Crippen LogP contribution in [-0.2, 0) is 6.54 Å². The highest BCUT2D eigenvalue weighted by molar-refractivity contribution is 6.30. The summed E-state index contributed by atoms with van der Waals surface area (Å²) in [6.07, 6.45) is 0.927. The Morgan fingerprint density at radius 2 is 2.21 bits per heavy atom. The molecular formula is C10H14ClFN2. The molecule has 0 atom stereocenters. The molecule has 0 spiro atoms. The Bertz CT molecular complexity index is 291. The second kappa shape index (κ2) is 5.96. The van der Waals surface area contributed by atoms with Gasteiger partial charge in [0.1, 0.15) is 5.82 Å².